The van der Waals surface area contributed by atoms with Gasteiger partial charge in [0.15, 0.2) is 5.78 Å². The third-order valence-electron chi connectivity index (χ3n) is 1.91. The Kier molecular flexibility index (Phi) is 2.53. The molecule has 0 aliphatic rings. The van der Waals surface area contributed by atoms with Crippen LogP contribution >= 0.6 is 0 Å². The monoisotopic (exact) mass is 205 g/mol. The zero-order chi connectivity index (χ0) is 10.7. The molecule has 0 N–H and O–H groups in total. The first-order valence-corrected chi connectivity index (χ1v) is 4.35. The summed E-state index contributed by atoms with van der Waals surface area (Å²) in [6.07, 6.45) is 7.20. The number of aromatic nitrogens is 3. The molecular formula is C10H8FN3O. The SMILES string of the molecule is O=C(Cn1ccnc1)c1cncc(F)c1. The summed E-state index contributed by atoms with van der Waals surface area (Å²) in [4.78, 5) is 19.0. The number of Topliss-reactive ketones (excluding diaryl/α,β-unsaturated/α-hetero) is 1. The van der Waals surface area contributed by atoms with Crippen molar-refractivity contribution < 1.29 is 9.18 Å². The molecule has 0 aromatic carbocycles. The summed E-state index contributed by atoms with van der Waals surface area (Å²) in [5.41, 5.74) is 0.267. The van der Waals surface area contributed by atoms with Gasteiger partial charge in [-0.2, -0.15) is 0 Å². The smallest absolute Gasteiger partial charge is 0.184 e. The Balaban J connectivity index is 2.15. The van der Waals surface area contributed by atoms with E-state index in [9.17, 15) is 9.18 Å². The van der Waals surface area contributed by atoms with E-state index < -0.39 is 5.82 Å². The van der Waals surface area contributed by atoms with Crippen molar-refractivity contribution in [3.05, 3.63) is 48.6 Å². The quantitative estimate of drug-likeness (QED) is 0.709. The number of carbonyl (C=O) groups is 1. The van der Waals surface area contributed by atoms with E-state index in [-0.39, 0.29) is 17.9 Å². The highest BCUT2D eigenvalue weighted by atomic mass is 19.1. The van der Waals surface area contributed by atoms with E-state index >= 15 is 0 Å². The summed E-state index contributed by atoms with van der Waals surface area (Å²) in [5.74, 6) is -0.702. The lowest BCUT2D eigenvalue weighted by Crippen LogP contribution is -2.09. The van der Waals surface area contributed by atoms with E-state index in [1.807, 2.05) is 0 Å². The summed E-state index contributed by atoms with van der Waals surface area (Å²) < 4.78 is 14.4. The molecule has 2 heterocycles. The Bertz CT molecular complexity index is 467. The fraction of sp³-hybridized carbons (Fsp3) is 0.100. The largest absolute Gasteiger partial charge is 0.330 e. The Morgan fingerprint density at radius 2 is 2.27 bits per heavy atom. The summed E-state index contributed by atoms with van der Waals surface area (Å²) in [7, 11) is 0. The molecule has 0 fully saturated rings. The normalized spacial score (nSPS) is 10.2. The number of ketones is 1. The van der Waals surface area contributed by atoms with E-state index in [4.69, 9.17) is 0 Å². The van der Waals surface area contributed by atoms with Crippen molar-refractivity contribution in [2.45, 2.75) is 6.54 Å². The number of imidazole rings is 1. The van der Waals surface area contributed by atoms with Crippen LogP contribution in [0.3, 0.4) is 0 Å². The molecule has 0 aliphatic carbocycles. The van der Waals surface area contributed by atoms with Gasteiger partial charge in [-0.1, -0.05) is 0 Å². The number of hydrogen-bond donors (Lipinski definition) is 0. The molecule has 5 heteroatoms. The van der Waals surface area contributed by atoms with Crippen LogP contribution in [-0.2, 0) is 6.54 Å². The third-order valence-corrected chi connectivity index (χ3v) is 1.91. The number of hydrogen-bond acceptors (Lipinski definition) is 3. The average Bonchev–Trinajstić information content (AvgIpc) is 2.70. The van der Waals surface area contributed by atoms with Crippen LogP contribution in [0.2, 0.25) is 0 Å². The van der Waals surface area contributed by atoms with Gasteiger partial charge in [-0.15, -0.1) is 0 Å². The van der Waals surface area contributed by atoms with Gasteiger partial charge in [0.1, 0.15) is 5.82 Å². The van der Waals surface area contributed by atoms with Crippen LogP contribution < -0.4 is 0 Å². The Morgan fingerprint density at radius 3 is 2.93 bits per heavy atom. The molecule has 15 heavy (non-hydrogen) atoms. The molecule has 0 saturated heterocycles. The zero-order valence-electron chi connectivity index (χ0n) is 7.80. The maximum atomic E-state index is 12.8. The molecule has 0 bridgehead atoms. The molecule has 2 aromatic heterocycles. The van der Waals surface area contributed by atoms with Crippen molar-refractivity contribution in [1.82, 2.24) is 14.5 Å². The molecule has 2 aromatic rings. The average molecular weight is 205 g/mol. The van der Waals surface area contributed by atoms with Crippen LogP contribution in [-0.4, -0.2) is 20.3 Å². The zero-order valence-corrected chi connectivity index (χ0v) is 7.80. The van der Waals surface area contributed by atoms with E-state index in [0.717, 1.165) is 6.20 Å². The van der Waals surface area contributed by atoms with Crippen molar-refractivity contribution in [3.8, 4) is 0 Å². The fourth-order valence-corrected chi connectivity index (χ4v) is 1.20. The van der Waals surface area contributed by atoms with Gasteiger partial charge in [-0.05, 0) is 6.07 Å². The molecule has 0 saturated carbocycles. The summed E-state index contributed by atoms with van der Waals surface area (Å²) in [5, 5.41) is 0. The minimum absolute atomic E-state index is 0.144. The Labute approximate surface area is 85.4 Å². The highest BCUT2D eigenvalue weighted by Crippen LogP contribution is 2.03. The van der Waals surface area contributed by atoms with Crippen LogP contribution in [0.5, 0.6) is 0 Å². The van der Waals surface area contributed by atoms with Crippen LogP contribution in [0.4, 0.5) is 4.39 Å². The van der Waals surface area contributed by atoms with Crippen LogP contribution in [0.25, 0.3) is 0 Å². The van der Waals surface area contributed by atoms with Gasteiger partial charge in [-0.25, -0.2) is 9.37 Å². The number of carbonyl (C=O) groups excluding carboxylic acids is 1. The molecule has 2 rings (SSSR count). The van der Waals surface area contributed by atoms with Gasteiger partial charge >= 0.3 is 0 Å². The Morgan fingerprint density at radius 1 is 1.40 bits per heavy atom. The molecule has 4 nitrogen and oxygen atoms in total. The second-order valence-corrected chi connectivity index (χ2v) is 3.05. The van der Waals surface area contributed by atoms with Crippen molar-refractivity contribution >= 4 is 5.78 Å². The van der Waals surface area contributed by atoms with E-state index in [1.165, 1.54) is 18.6 Å². The molecule has 0 radical (unpaired) electrons. The lowest BCUT2D eigenvalue weighted by atomic mass is 10.2. The first kappa shape index (κ1) is 9.51. The van der Waals surface area contributed by atoms with Crippen LogP contribution in [0.15, 0.2) is 37.2 Å². The van der Waals surface area contributed by atoms with Crippen LogP contribution in [0.1, 0.15) is 10.4 Å². The predicted molar refractivity (Wildman–Crippen MR) is 50.8 cm³/mol. The van der Waals surface area contributed by atoms with Crippen molar-refractivity contribution in [1.29, 1.82) is 0 Å². The fourth-order valence-electron chi connectivity index (χ4n) is 1.20. The first-order chi connectivity index (χ1) is 7.25. The molecule has 0 aliphatic heterocycles. The van der Waals surface area contributed by atoms with Crippen LogP contribution in [0, 0.1) is 5.82 Å². The third kappa shape index (κ3) is 2.25. The molecular weight excluding hydrogens is 197 g/mol. The Hall–Kier alpha value is -2.04. The first-order valence-electron chi connectivity index (χ1n) is 4.35. The van der Waals surface area contributed by atoms with Gasteiger partial charge in [-0.3, -0.25) is 9.78 Å². The van der Waals surface area contributed by atoms with E-state index in [0.29, 0.717) is 0 Å². The van der Waals surface area contributed by atoms with E-state index in [1.54, 1.807) is 17.0 Å². The number of rotatable bonds is 3. The van der Waals surface area contributed by atoms with Gasteiger partial charge in [0.25, 0.3) is 0 Å². The standard InChI is InChI=1S/C10H8FN3O/c11-9-3-8(4-13-5-9)10(15)6-14-2-1-12-7-14/h1-5,7H,6H2. The molecule has 0 spiro atoms. The lowest BCUT2D eigenvalue weighted by molar-refractivity contribution is 0.0971. The summed E-state index contributed by atoms with van der Waals surface area (Å²) in [6.45, 7) is 0.144. The maximum Gasteiger partial charge on any atom is 0.184 e. The van der Waals surface area contributed by atoms with Gasteiger partial charge < -0.3 is 4.57 Å². The second-order valence-electron chi connectivity index (χ2n) is 3.05. The van der Waals surface area contributed by atoms with Gasteiger partial charge in [0.05, 0.1) is 19.1 Å². The molecule has 76 valence electrons. The minimum atomic E-state index is -0.508. The van der Waals surface area contributed by atoms with Gasteiger partial charge in [0.2, 0.25) is 0 Å². The number of nitrogens with zero attached hydrogens (tertiary/aromatic N) is 3. The summed E-state index contributed by atoms with van der Waals surface area (Å²) in [6, 6.07) is 1.17. The van der Waals surface area contributed by atoms with E-state index in [2.05, 4.69) is 9.97 Å². The predicted octanol–water partition coefficient (Wildman–Crippen LogP) is 1.30. The van der Waals surface area contributed by atoms with Crippen molar-refractivity contribution in [2.24, 2.45) is 0 Å². The van der Waals surface area contributed by atoms with Crippen molar-refractivity contribution in [3.63, 3.8) is 0 Å². The molecule has 0 amide bonds. The number of halogens is 1. The minimum Gasteiger partial charge on any atom is -0.330 e. The topological polar surface area (TPSA) is 47.8 Å². The summed E-state index contributed by atoms with van der Waals surface area (Å²) >= 11 is 0. The van der Waals surface area contributed by atoms with Crippen molar-refractivity contribution in [2.75, 3.05) is 0 Å². The molecule has 0 atom stereocenters. The maximum absolute atomic E-state index is 12.8. The second kappa shape index (κ2) is 4.00. The molecule has 0 unspecified atom stereocenters. The van der Waals surface area contributed by atoms with Gasteiger partial charge in [0, 0.05) is 24.2 Å². The highest BCUT2D eigenvalue weighted by Gasteiger charge is 2.07. The highest BCUT2D eigenvalue weighted by molar-refractivity contribution is 5.95. The lowest BCUT2D eigenvalue weighted by Gasteiger charge is -2.01. The number of pyridine rings is 1.